The van der Waals surface area contributed by atoms with E-state index in [2.05, 4.69) is 5.32 Å². The fourth-order valence-corrected chi connectivity index (χ4v) is 2.56. The number of hydrogen-bond donors (Lipinski definition) is 2. The Morgan fingerprint density at radius 1 is 1.12 bits per heavy atom. The number of benzene rings is 2. The van der Waals surface area contributed by atoms with E-state index < -0.39 is 12.6 Å². The second-order valence-electron chi connectivity index (χ2n) is 5.67. The largest absolute Gasteiger partial charge is 0.481 e. The van der Waals surface area contributed by atoms with Gasteiger partial charge in [-0.15, -0.1) is 0 Å². The van der Waals surface area contributed by atoms with Crippen LogP contribution >= 0.6 is 0 Å². The zero-order valence-corrected chi connectivity index (χ0v) is 14.5. The van der Waals surface area contributed by atoms with E-state index in [4.69, 9.17) is 14.6 Å². The first kappa shape index (κ1) is 18.5. The van der Waals surface area contributed by atoms with Crippen LogP contribution in [0.2, 0.25) is 0 Å². The van der Waals surface area contributed by atoms with E-state index in [0.29, 0.717) is 34.7 Å². The van der Waals surface area contributed by atoms with E-state index >= 15 is 0 Å². The maximum atomic E-state index is 12.6. The number of aliphatic carboxylic acids is 1. The van der Waals surface area contributed by atoms with Gasteiger partial charge in [0.05, 0.1) is 6.61 Å². The molecule has 0 aliphatic carbocycles. The summed E-state index contributed by atoms with van der Waals surface area (Å²) in [6.45, 7) is 3.54. The van der Waals surface area contributed by atoms with Crippen molar-refractivity contribution in [1.82, 2.24) is 0 Å². The van der Waals surface area contributed by atoms with E-state index in [9.17, 15) is 9.59 Å². The summed E-state index contributed by atoms with van der Waals surface area (Å²) in [5, 5.41) is 11.6. The lowest BCUT2D eigenvalue weighted by molar-refractivity contribution is -0.139. The number of methoxy groups -OCH3 is 1. The predicted octanol–water partition coefficient (Wildman–Crippen LogP) is 3.17. The highest BCUT2D eigenvalue weighted by Crippen LogP contribution is 2.26. The van der Waals surface area contributed by atoms with Gasteiger partial charge in [-0.2, -0.15) is 0 Å². The summed E-state index contributed by atoms with van der Waals surface area (Å²) in [7, 11) is 1.60. The lowest BCUT2D eigenvalue weighted by Crippen LogP contribution is -2.15. The Morgan fingerprint density at radius 2 is 1.76 bits per heavy atom. The van der Waals surface area contributed by atoms with Gasteiger partial charge in [-0.25, -0.2) is 4.79 Å². The fourth-order valence-electron chi connectivity index (χ4n) is 2.56. The predicted molar refractivity (Wildman–Crippen MR) is 94.2 cm³/mol. The van der Waals surface area contributed by atoms with E-state index in [1.807, 2.05) is 24.3 Å². The Morgan fingerprint density at radius 3 is 2.36 bits per heavy atom. The summed E-state index contributed by atoms with van der Waals surface area (Å²) >= 11 is 0. The van der Waals surface area contributed by atoms with Crippen LogP contribution in [0.5, 0.6) is 5.75 Å². The number of para-hydroxylation sites is 1. The molecular formula is C19H21NO5. The molecule has 2 rings (SSSR count). The number of hydrogen-bond acceptors (Lipinski definition) is 4. The summed E-state index contributed by atoms with van der Waals surface area (Å²) in [6.07, 6.45) is 0. The van der Waals surface area contributed by atoms with Gasteiger partial charge in [0.25, 0.3) is 5.91 Å². The van der Waals surface area contributed by atoms with Crippen LogP contribution < -0.4 is 10.1 Å². The molecule has 132 valence electrons. The molecule has 0 atom stereocenters. The first-order valence-electron chi connectivity index (χ1n) is 7.76. The third-order valence-corrected chi connectivity index (χ3v) is 3.63. The van der Waals surface area contributed by atoms with Crippen LogP contribution in [0.1, 0.15) is 27.0 Å². The molecule has 0 aliphatic rings. The summed E-state index contributed by atoms with van der Waals surface area (Å²) in [4.78, 5) is 23.2. The van der Waals surface area contributed by atoms with Crippen LogP contribution in [0.25, 0.3) is 0 Å². The number of carbonyl (C=O) groups is 2. The number of aryl methyl sites for hydroxylation is 2. The van der Waals surface area contributed by atoms with Gasteiger partial charge >= 0.3 is 5.97 Å². The average Bonchev–Trinajstić information content (AvgIpc) is 2.55. The molecule has 0 radical (unpaired) electrons. The molecule has 0 spiro atoms. The number of rotatable bonds is 7. The fraction of sp³-hybridized carbons (Fsp3) is 0.263. The molecule has 2 aromatic carbocycles. The van der Waals surface area contributed by atoms with Crippen LogP contribution in [-0.2, 0) is 16.1 Å². The summed E-state index contributed by atoms with van der Waals surface area (Å²) < 4.78 is 10.4. The van der Waals surface area contributed by atoms with Crippen molar-refractivity contribution in [2.45, 2.75) is 20.5 Å². The zero-order chi connectivity index (χ0) is 18.4. The van der Waals surface area contributed by atoms with Gasteiger partial charge in [0.15, 0.2) is 6.61 Å². The second kappa shape index (κ2) is 8.30. The Labute approximate surface area is 146 Å². The first-order valence-corrected chi connectivity index (χ1v) is 7.76. The highest BCUT2D eigenvalue weighted by molar-refractivity contribution is 6.05. The lowest BCUT2D eigenvalue weighted by Gasteiger charge is -2.14. The molecule has 25 heavy (non-hydrogen) atoms. The third-order valence-electron chi connectivity index (χ3n) is 3.63. The van der Waals surface area contributed by atoms with Gasteiger partial charge < -0.3 is 19.9 Å². The van der Waals surface area contributed by atoms with Crippen molar-refractivity contribution in [2.24, 2.45) is 0 Å². The number of carboxylic acids is 1. The minimum atomic E-state index is -1.05. The molecule has 0 aliphatic heterocycles. The Hall–Kier alpha value is -2.86. The van der Waals surface area contributed by atoms with Crippen molar-refractivity contribution in [3.63, 3.8) is 0 Å². The van der Waals surface area contributed by atoms with Gasteiger partial charge in [0.2, 0.25) is 0 Å². The van der Waals surface area contributed by atoms with Crippen molar-refractivity contribution < 1.29 is 24.2 Å². The maximum Gasteiger partial charge on any atom is 0.341 e. The second-order valence-corrected chi connectivity index (χ2v) is 5.67. The number of amides is 1. The molecular weight excluding hydrogens is 322 g/mol. The van der Waals surface area contributed by atoms with Gasteiger partial charge in [0, 0.05) is 23.9 Å². The van der Waals surface area contributed by atoms with E-state index in [1.165, 1.54) is 0 Å². The number of carbonyl (C=O) groups excluding carboxylic acids is 1. The van der Waals surface area contributed by atoms with E-state index in [0.717, 1.165) is 5.56 Å². The number of nitrogens with one attached hydrogen (secondary N) is 1. The third kappa shape index (κ3) is 4.81. The van der Waals surface area contributed by atoms with Crippen molar-refractivity contribution in [2.75, 3.05) is 19.0 Å². The summed E-state index contributed by atoms with van der Waals surface area (Å²) in [5.41, 5.74) is 3.46. The Bertz CT molecular complexity index is 762. The quantitative estimate of drug-likeness (QED) is 0.806. The molecule has 6 heteroatoms. The minimum absolute atomic E-state index is 0.250. The SMILES string of the molecule is COCc1ccccc1NC(=O)c1cc(C)c(OCC(=O)O)c(C)c1. The highest BCUT2D eigenvalue weighted by Gasteiger charge is 2.14. The van der Waals surface area contributed by atoms with Gasteiger partial charge in [-0.1, -0.05) is 18.2 Å². The maximum absolute atomic E-state index is 12.6. The smallest absolute Gasteiger partial charge is 0.341 e. The molecule has 2 N–H and O–H groups in total. The highest BCUT2D eigenvalue weighted by atomic mass is 16.5. The number of anilines is 1. The summed E-state index contributed by atoms with van der Waals surface area (Å²) in [5.74, 6) is -0.811. The number of carboxylic acid groups (broad SMARTS) is 1. The monoisotopic (exact) mass is 343 g/mol. The normalized spacial score (nSPS) is 10.4. The minimum Gasteiger partial charge on any atom is -0.481 e. The lowest BCUT2D eigenvalue weighted by atomic mass is 10.0. The Kier molecular flexibility index (Phi) is 6.14. The molecule has 0 bridgehead atoms. The standard InChI is InChI=1S/C19H21NO5/c1-12-8-15(9-13(2)18(12)25-11-17(21)22)19(23)20-16-7-5-4-6-14(16)10-24-3/h4-9H,10-11H2,1-3H3,(H,20,23)(H,21,22). The van der Waals surface area contributed by atoms with Crippen LogP contribution in [0, 0.1) is 13.8 Å². The molecule has 0 heterocycles. The molecule has 0 aromatic heterocycles. The van der Waals surface area contributed by atoms with Crippen LogP contribution in [0.3, 0.4) is 0 Å². The van der Waals surface area contributed by atoms with Gasteiger partial charge in [-0.05, 0) is 43.2 Å². The van der Waals surface area contributed by atoms with Crippen LogP contribution in [-0.4, -0.2) is 30.7 Å². The van der Waals surface area contributed by atoms with Crippen LogP contribution in [0.15, 0.2) is 36.4 Å². The van der Waals surface area contributed by atoms with Crippen LogP contribution in [0.4, 0.5) is 5.69 Å². The first-order chi connectivity index (χ1) is 11.9. The molecule has 0 saturated carbocycles. The topological polar surface area (TPSA) is 84.9 Å². The van der Waals surface area contributed by atoms with Gasteiger partial charge in [0.1, 0.15) is 5.75 Å². The molecule has 2 aromatic rings. The molecule has 0 unspecified atom stereocenters. The van der Waals surface area contributed by atoms with E-state index in [-0.39, 0.29) is 5.91 Å². The zero-order valence-electron chi connectivity index (χ0n) is 14.5. The van der Waals surface area contributed by atoms with Gasteiger partial charge in [-0.3, -0.25) is 4.79 Å². The van der Waals surface area contributed by atoms with Crippen molar-refractivity contribution in [3.05, 3.63) is 58.7 Å². The molecule has 0 fully saturated rings. The average molecular weight is 343 g/mol. The molecule has 1 amide bonds. The van der Waals surface area contributed by atoms with Crippen molar-refractivity contribution in [3.8, 4) is 5.75 Å². The Balaban J connectivity index is 2.21. The molecule has 6 nitrogen and oxygen atoms in total. The summed E-state index contributed by atoms with van der Waals surface area (Å²) in [6, 6.07) is 10.8. The molecule has 0 saturated heterocycles. The number of ether oxygens (including phenoxy) is 2. The van der Waals surface area contributed by atoms with Crippen molar-refractivity contribution in [1.29, 1.82) is 0 Å². The van der Waals surface area contributed by atoms with E-state index in [1.54, 1.807) is 33.1 Å². The van der Waals surface area contributed by atoms with Crippen molar-refractivity contribution >= 4 is 17.6 Å².